The van der Waals surface area contributed by atoms with Crippen LogP contribution in [0.2, 0.25) is 0 Å². The summed E-state index contributed by atoms with van der Waals surface area (Å²) in [5.41, 5.74) is 0.625. The highest BCUT2D eigenvalue weighted by atomic mass is 16.4. The van der Waals surface area contributed by atoms with Gasteiger partial charge in [0.2, 0.25) is 0 Å². The van der Waals surface area contributed by atoms with E-state index >= 15 is 0 Å². The second-order valence-corrected chi connectivity index (χ2v) is 3.58. The lowest BCUT2D eigenvalue weighted by Gasteiger charge is -2.19. The lowest BCUT2D eigenvalue weighted by Crippen LogP contribution is -2.29. The number of carbonyl (C=O) groups is 2. The van der Waals surface area contributed by atoms with Gasteiger partial charge in [0.15, 0.2) is 5.92 Å². The standard InChI is InChI=1S/C13H12O4/c1-2-6-10(9-7-4-3-5-8-9)11(12(14)15)13(16)17/h1,3-5,7-8,10-11H,6H2,(H,14,15)(H,16,17)/t10-/m0/s1. The summed E-state index contributed by atoms with van der Waals surface area (Å²) in [4.78, 5) is 22.0. The van der Waals surface area contributed by atoms with E-state index < -0.39 is 23.8 Å². The average Bonchev–Trinajstić information content (AvgIpc) is 2.28. The van der Waals surface area contributed by atoms with Crippen molar-refractivity contribution in [3.8, 4) is 12.3 Å². The summed E-state index contributed by atoms with van der Waals surface area (Å²) in [7, 11) is 0. The maximum Gasteiger partial charge on any atom is 0.318 e. The molecule has 1 rings (SSSR count). The molecule has 0 aliphatic rings. The molecule has 1 aromatic rings. The molecule has 0 fully saturated rings. The van der Waals surface area contributed by atoms with Gasteiger partial charge in [-0.2, -0.15) is 0 Å². The number of terminal acetylenes is 1. The van der Waals surface area contributed by atoms with Crippen LogP contribution in [0.3, 0.4) is 0 Å². The minimum Gasteiger partial charge on any atom is -0.481 e. The minimum atomic E-state index is -1.52. The summed E-state index contributed by atoms with van der Waals surface area (Å²) in [6.45, 7) is 0. The van der Waals surface area contributed by atoms with Gasteiger partial charge in [-0.3, -0.25) is 9.59 Å². The number of benzene rings is 1. The van der Waals surface area contributed by atoms with Gasteiger partial charge in [-0.1, -0.05) is 30.3 Å². The predicted octanol–water partition coefficient (Wildman–Crippen LogP) is 1.58. The maximum absolute atomic E-state index is 11.0. The second kappa shape index (κ2) is 5.71. The number of rotatable bonds is 5. The van der Waals surface area contributed by atoms with E-state index in [1.54, 1.807) is 30.3 Å². The van der Waals surface area contributed by atoms with Crippen molar-refractivity contribution in [3.63, 3.8) is 0 Å². The van der Waals surface area contributed by atoms with Gasteiger partial charge >= 0.3 is 11.9 Å². The molecule has 88 valence electrons. The Kier molecular flexibility index (Phi) is 4.29. The lowest BCUT2D eigenvalue weighted by atomic mass is 9.84. The third-order valence-corrected chi connectivity index (χ3v) is 2.50. The highest BCUT2D eigenvalue weighted by Crippen LogP contribution is 2.28. The Hall–Kier alpha value is -2.28. The van der Waals surface area contributed by atoms with Crippen LogP contribution >= 0.6 is 0 Å². The van der Waals surface area contributed by atoms with E-state index in [0.717, 1.165) is 0 Å². The van der Waals surface area contributed by atoms with E-state index in [-0.39, 0.29) is 6.42 Å². The molecule has 0 unspecified atom stereocenters. The van der Waals surface area contributed by atoms with Gasteiger partial charge in [0.05, 0.1) is 0 Å². The summed E-state index contributed by atoms with van der Waals surface area (Å²) in [5, 5.41) is 17.9. The molecule has 1 aromatic carbocycles. The molecule has 0 saturated heterocycles. The minimum absolute atomic E-state index is 0.0767. The number of carboxylic acids is 2. The van der Waals surface area contributed by atoms with Crippen molar-refractivity contribution in [2.75, 3.05) is 0 Å². The number of hydrogen-bond donors (Lipinski definition) is 2. The molecule has 17 heavy (non-hydrogen) atoms. The van der Waals surface area contributed by atoms with Gasteiger partial charge in [-0.25, -0.2) is 0 Å². The van der Waals surface area contributed by atoms with Crippen molar-refractivity contribution >= 4 is 11.9 Å². The maximum atomic E-state index is 11.0. The Morgan fingerprint density at radius 2 is 1.71 bits per heavy atom. The van der Waals surface area contributed by atoms with Gasteiger partial charge in [0.1, 0.15) is 0 Å². The summed E-state index contributed by atoms with van der Waals surface area (Å²) >= 11 is 0. The van der Waals surface area contributed by atoms with Crippen molar-refractivity contribution in [2.24, 2.45) is 5.92 Å². The molecule has 0 heterocycles. The van der Waals surface area contributed by atoms with Crippen molar-refractivity contribution in [2.45, 2.75) is 12.3 Å². The molecular weight excluding hydrogens is 220 g/mol. The molecule has 0 saturated carbocycles. The molecule has 0 amide bonds. The van der Waals surface area contributed by atoms with E-state index in [1.807, 2.05) is 0 Å². The van der Waals surface area contributed by atoms with Crippen molar-refractivity contribution in [1.82, 2.24) is 0 Å². The topological polar surface area (TPSA) is 74.6 Å². The molecule has 0 aliphatic carbocycles. The SMILES string of the molecule is C#CC[C@@H](c1ccccc1)C(C(=O)O)C(=O)O. The molecule has 0 aromatic heterocycles. The van der Waals surface area contributed by atoms with E-state index in [9.17, 15) is 9.59 Å². The van der Waals surface area contributed by atoms with Crippen LogP contribution in [0.25, 0.3) is 0 Å². The zero-order valence-corrected chi connectivity index (χ0v) is 9.04. The Morgan fingerprint density at radius 3 is 2.12 bits per heavy atom. The highest BCUT2D eigenvalue weighted by Gasteiger charge is 2.35. The molecule has 0 bridgehead atoms. The van der Waals surface area contributed by atoms with Crippen LogP contribution in [0.15, 0.2) is 30.3 Å². The molecule has 4 nitrogen and oxygen atoms in total. The van der Waals surface area contributed by atoms with Gasteiger partial charge < -0.3 is 10.2 Å². The van der Waals surface area contributed by atoms with Crippen LogP contribution in [-0.2, 0) is 9.59 Å². The number of hydrogen-bond acceptors (Lipinski definition) is 2. The fourth-order valence-corrected chi connectivity index (χ4v) is 1.71. The molecule has 0 spiro atoms. The van der Waals surface area contributed by atoms with Gasteiger partial charge in [0, 0.05) is 12.3 Å². The Labute approximate surface area is 98.9 Å². The highest BCUT2D eigenvalue weighted by molar-refractivity contribution is 5.94. The van der Waals surface area contributed by atoms with E-state index in [1.165, 1.54) is 0 Å². The van der Waals surface area contributed by atoms with Crippen molar-refractivity contribution < 1.29 is 19.8 Å². The molecule has 2 N–H and O–H groups in total. The fourth-order valence-electron chi connectivity index (χ4n) is 1.71. The van der Waals surface area contributed by atoms with Gasteiger partial charge in [-0.05, 0) is 5.56 Å². The number of carboxylic acid groups (broad SMARTS) is 2. The molecule has 1 atom stereocenters. The van der Waals surface area contributed by atoms with Crippen LogP contribution in [0.4, 0.5) is 0 Å². The van der Waals surface area contributed by atoms with Gasteiger partial charge in [-0.15, -0.1) is 12.3 Å². The molecule has 4 heteroatoms. The van der Waals surface area contributed by atoms with Crippen LogP contribution in [0.1, 0.15) is 17.9 Å². The Bertz CT molecular complexity index is 430. The zero-order valence-electron chi connectivity index (χ0n) is 9.04. The van der Waals surface area contributed by atoms with E-state index in [2.05, 4.69) is 5.92 Å². The zero-order chi connectivity index (χ0) is 12.8. The van der Waals surface area contributed by atoms with Gasteiger partial charge in [0.25, 0.3) is 0 Å². The molecular formula is C13H12O4. The first-order valence-electron chi connectivity index (χ1n) is 5.02. The van der Waals surface area contributed by atoms with E-state index in [0.29, 0.717) is 5.56 Å². The Morgan fingerprint density at radius 1 is 1.18 bits per heavy atom. The average molecular weight is 232 g/mol. The normalized spacial score (nSPS) is 11.8. The quantitative estimate of drug-likeness (QED) is 0.597. The van der Waals surface area contributed by atoms with Crippen molar-refractivity contribution in [3.05, 3.63) is 35.9 Å². The van der Waals surface area contributed by atoms with Crippen LogP contribution in [0.5, 0.6) is 0 Å². The molecule has 0 aliphatic heterocycles. The lowest BCUT2D eigenvalue weighted by molar-refractivity contribution is -0.155. The summed E-state index contributed by atoms with van der Waals surface area (Å²) in [6.07, 6.45) is 5.25. The summed E-state index contributed by atoms with van der Waals surface area (Å²) in [5.74, 6) is -2.65. The first-order valence-corrected chi connectivity index (χ1v) is 5.02. The Balaban J connectivity index is 3.12. The second-order valence-electron chi connectivity index (χ2n) is 3.58. The van der Waals surface area contributed by atoms with Crippen LogP contribution < -0.4 is 0 Å². The monoisotopic (exact) mass is 232 g/mol. The third kappa shape index (κ3) is 3.08. The van der Waals surface area contributed by atoms with Crippen LogP contribution in [-0.4, -0.2) is 22.2 Å². The van der Waals surface area contributed by atoms with E-state index in [4.69, 9.17) is 16.6 Å². The first-order chi connectivity index (χ1) is 8.07. The summed E-state index contributed by atoms with van der Waals surface area (Å²) in [6, 6.07) is 8.58. The van der Waals surface area contributed by atoms with Crippen LogP contribution in [0, 0.1) is 18.3 Å². The number of aliphatic carboxylic acids is 2. The summed E-state index contributed by atoms with van der Waals surface area (Å²) < 4.78 is 0. The smallest absolute Gasteiger partial charge is 0.318 e. The molecule has 0 radical (unpaired) electrons. The largest absolute Gasteiger partial charge is 0.481 e. The van der Waals surface area contributed by atoms with Crippen molar-refractivity contribution in [1.29, 1.82) is 0 Å². The predicted molar refractivity (Wildman–Crippen MR) is 61.4 cm³/mol. The fraction of sp³-hybridized carbons (Fsp3) is 0.231. The first kappa shape index (κ1) is 12.8. The third-order valence-electron chi connectivity index (χ3n) is 2.50.